The van der Waals surface area contributed by atoms with Crippen LogP contribution in [0.15, 0.2) is 18.5 Å². The normalized spacial score (nSPS) is 13.2. The van der Waals surface area contributed by atoms with Crippen LogP contribution in [0.25, 0.3) is 5.52 Å². The zero-order chi connectivity index (χ0) is 13.1. The highest BCUT2D eigenvalue weighted by molar-refractivity contribution is 6.18. The maximum absolute atomic E-state index is 5.80. The summed E-state index contributed by atoms with van der Waals surface area (Å²) in [5, 5.41) is 7.86. The first-order valence-electron chi connectivity index (χ1n) is 6.26. The van der Waals surface area contributed by atoms with Gasteiger partial charge in [0.15, 0.2) is 5.82 Å². The molecule has 0 saturated carbocycles. The second kappa shape index (κ2) is 5.57. The van der Waals surface area contributed by atoms with Crippen molar-refractivity contribution in [3.8, 4) is 0 Å². The average Bonchev–Trinajstić information content (AvgIpc) is 2.80. The number of nitrogens with zero attached hydrogens (tertiary/aromatic N) is 3. The Morgan fingerprint density at radius 3 is 2.83 bits per heavy atom. The summed E-state index contributed by atoms with van der Waals surface area (Å²) in [7, 11) is 0. The van der Waals surface area contributed by atoms with Gasteiger partial charge in [-0.2, -0.15) is 5.10 Å². The summed E-state index contributed by atoms with van der Waals surface area (Å²) in [6, 6.07) is 2.09. The van der Waals surface area contributed by atoms with E-state index in [1.165, 1.54) is 0 Å². The van der Waals surface area contributed by atoms with Gasteiger partial charge in [0.1, 0.15) is 5.52 Å². The number of aromatic nitrogens is 3. The molecule has 98 valence electrons. The van der Waals surface area contributed by atoms with E-state index in [9.17, 15) is 0 Å². The van der Waals surface area contributed by atoms with Crippen LogP contribution in [-0.4, -0.2) is 27.0 Å². The second-order valence-corrected chi connectivity index (χ2v) is 5.28. The summed E-state index contributed by atoms with van der Waals surface area (Å²) in [5.41, 5.74) is 2.10. The highest BCUT2D eigenvalue weighted by Gasteiger charge is 2.10. The summed E-state index contributed by atoms with van der Waals surface area (Å²) < 4.78 is 1.87. The van der Waals surface area contributed by atoms with Crippen LogP contribution in [0, 0.1) is 5.92 Å². The van der Waals surface area contributed by atoms with Crippen molar-refractivity contribution in [2.75, 3.05) is 17.7 Å². The average molecular weight is 267 g/mol. The SMILES string of the molecule is CC(CCl)CNc1nccn2nc(C(C)C)cc12. The van der Waals surface area contributed by atoms with Crippen LogP contribution in [0.2, 0.25) is 0 Å². The highest BCUT2D eigenvalue weighted by atomic mass is 35.5. The van der Waals surface area contributed by atoms with Gasteiger partial charge in [0.2, 0.25) is 0 Å². The number of rotatable bonds is 5. The summed E-state index contributed by atoms with van der Waals surface area (Å²) in [5.74, 6) is 2.35. The molecule has 0 fully saturated rings. The molecular weight excluding hydrogens is 248 g/mol. The van der Waals surface area contributed by atoms with E-state index in [1.807, 2.05) is 10.7 Å². The summed E-state index contributed by atoms with van der Waals surface area (Å²) >= 11 is 5.80. The third-order valence-electron chi connectivity index (χ3n) is 2.88. The van der Waals surface area contributed by atoms with E-state index in [1.54, 1.807) is 6.20 Å². The molecule has 0 saturated heterocycles. The Hall–Kier alpha value is -1.29. The van der Waals surface area contributed by atoms with Gasteiger partial charge in [-0.1, -0.05) is 20.8 Å². The van der Waals surface area contributed by atoms with Crippen LogP contribution in [0.4, 0.5) is 5.82 Å². The van der Waals surface area contributed by atoms with Crippen LogP contribution in [0.5, 0.6) is 0 Å². The Morgan fingerprint density at radius 1 is 1.39 bits per heavy atom. The predicted octanol–water partition coefficient (Wildman–Crippen LogP) is 3.14. The van der Waals surface area contributed by atoms with Gasteiger partial charge in [-0.15, -0.1) is 11.6 Å². The fourth-order valence-electron chi connectivity index (χ4n) is 1.68. The number of nitrogens with one attached hydrogen (secondary N) is 1. The Kier molecular flexibility index (Phi) is 4.07. The number of anilines is 1. The van der Waals surface area contributed by atoms with Gasteiger partial charge in [0, 0.05) is 24.8 Å². The number of fused-ring (bicyclic) bond motifs is 1. The topological polar surface area (TPSA) is 42.2 Å². The van der Waals surface area contributed by atoms with Crippen molar-refractivity contribution in [2.24, 2.45) is 5.92 Å². The van der Waals surface area contributed by atoms with Gasteiger partial charge in [-0.25, -0.2) is 9.50 Å². The zero-order valence-electron chi connectivity index (χ0n) is 11.0. The van der Waals surface area contributed by atoms with Crippen LogP contribution >= 0.6 is 11.6 Å². The van der Waals surface area contributed by atoms with Crippen LogP contribution in [-0.2, 0) is 0 Å². The maximum Gasteiger partial charge on any atom is 0.152 e. The molecule has 4 nitrogen and oxygen atoms in total. The molecule has 18 heavy (non-hydrogen) atoms. The van der Waals surface area contributed by atoms with E-state index in [0.717, 1.165) is 23.6 Å². The molecule has 1 atom stereocenters. The first kappa shape index (κ1) is 13.1. The van der Waals surface area contributed by atoms with E-state index in [2.05, 4.69) is 42.2 Å². The Bertz CT molecular complexity index is 521. The molecule has 2 heterocycles. The first-order valence-corrected chi connectivity index (χ1v) is 6.79. The minimum absolute atomic E-state index is 0.416. The van der Waals surface area contributed by atoms with Gasteiger partial charge in [-0.05, 0) is 17.9 Å². The van der Waals surface area contributed by atoms with Gasteiger partial charge >= 0.3 is 0 Å². The summed E-state index contributed by atoms with van der Waals surface area (Å²) in [6.07, 6.45) is 3.63. The quantitative estimate of drug-likeness (QED) is 0.846. The van der Waals surface area contributed by atoms with Crippen LogP contribution < -0.4 is 5.32 Å². The van der Waals surface area contributed by atoms with Crippen molar-refractivity contribution in [1.82, 2.24) is 14.6 Å². The number of halogens is 1. The van der Waals surface area contributed by atoms with Gasteiger partial charge in [0.05, 0.1) is 5.69 Å². The number of hydrogen-bond acceptors (Lipinski definition) is 3. The summed E-state index contributed by atoms with van der Waals surface area (Å²) in [4.78, 5) is 4.37. The van der Waals surface area contributed by atoms with E-state index >= 15 is 0 Å². The highest BCUT2D eigenvalue weighted by Crippen LogP contribution is 2.20. The Balaban J connectivity index is 2.27. The number of alkyl halides is 1. The molecule has 1 N–H and O–H groups in total. The van der Waals surface area contributed by atoms with Crippen molar-refractivity contribution >= 4 is 22.9 Å². The molecule has 0 aliphatic heterocycles. The third-order valence-corrected chi connectivity index (χ3v) is 3.41. The monoisotopic (exact) mass is 266 g/mol. The molecule has 2 aromatic heterocycles. The van der Waals surface area contributed by atoms with E-state index in [4.69, 9.17) is 11.6 Å². The molecule has 0 aliphatic carbocycles. The lowest BCUT2D eigenvalue weighted by molar-refractivity contribution is 0.694. The van der Waals surface area contributed by atoms with E-state index in [0.29, 0.717) is 17.7 Å². The molecule has 0 radical (unpaired) electrons. The van der Waals surface area contributed by atoms with Gasteiger partial charge in [0.25, 0.3) is 0 Å². The predicted molar refractivity (Wildman–Crippen MR) is 75.4 cm³/mol. The lowest BCUT2D eigenvalue weighted by atomic mass is 10.1. The molecule has 0 bridgehead atoms. The smallest absolute Gasteiger partial charge is 0.152 e. The molecule has 0 aromatic carbocycles. The molecule has 2 aromatic rings. The van der Waals surface area contributed by atoms with Crippen molar-refractivity contribution in [2.45, 2.75) is 26.7 Å². The largest absolute Gasteiger partial charge is 0.368 e. The lowest BCUT2D eigenvalue weighted by Crippen LogP contribution is -2.13. The lowest BCUT2D eigenvalue weighted by Gasteiger charge is -2.10. The molecule has 0 amide bonds. The molecule has 5 heteroatoms. The maximum atomic E-state index is 5.80. The third kappa shape index (κ3) is 2.75. The van der Waals surface area contributed by atoms with Crippen molar-refractivity contribution in [3.05, 3.63) is 24.2 Å². The van der Waals surface area contributed by atoms with Gasteiger partial charge in [-0.3, -0.25) is 0 Å². The fourth-order valence-corrected chi connectivity index (χ4v) is 1.79. The zero-order valence-corrected chi connectivity index (χ0v) is 11.8. The van der Waals surface area contributed by atoms with Crippen LogP contribution in [0.1, 0.15) is 32.4 Å². The molecule has 0 aliphatic rings. The fraction of sp³-hybridized carbons (Fsp3) is 0.538. The van der Waals surface area contributed by atoms with Crippen molar-refractivity contribution < 1.29 is 0 Å². The Labute approximate surface area is 112 Å². The molecule has 0 spiro atoms. The minimum Gasteiger partial charge on any atom is -0.368 e. The molecule has 2 rings (SSSR count). The summed E-state index contributed by atoms with van der Waals surface area (Å²) in [6.45, 7) is 7.20. The van der Waals surface area contributed by atoms with Crippen molar-refractivity contribution in [1.29, 1.82) is 0 Å². The minimum atomic E-state index is 0.416. The van der Waals surface area contributed by atoms with Crippen LogP contribution in [0.3, 0.4) is 0 Å². The van der Waals surface area contributed by atoms with Gasteiger partial charge < -0.3 is 5.32 Å². The van der Waals surface area contributed by atoms with E-state index in [-0.39, 0.29) is 0 Å². The second-order valence-electron chi connectivity index (χ2n) is 4.97. The molecule has 1 unspecified atom stereocenters. The molecular formula is C13H19ClN4. The number of hydrogen-bond donors (Lipinski definition) is 1. The standard InChI is InChI=1S/C13H19ClN4/c1-9(2)11-6-12-13(16-8-10(3)7-14)15-4-5-18(12)17-11/h4-6,9-10H,7-8H2,1-3H3,(H,15,16). The Morgan fingerprint density at radius 2 is 2.17 bits per heavy atom. The first-order chi connectivity index (χ1) is 8.61. The van der Waals surface area contributed by atoms with Crippen molar-refractivity contribution in [3.63, 3.8) is 0 Å². The van der Waals surface area contributed by atoms with E-state index < -0.39 is 0 Å².